The van der Waals surface area contributed by atoms with Gasteiger partial charge in [-0.3, -0.25) is 4.90 Å². The molecule has 1 unspecified atom stereocenters. The van der Waals surface area contributed by atoms with Crippen LogP contribution in [0.1, 0.15) is 41.1 Å². The van der Waals surface area contributed by atoms with Crippen molar-refractivity contribution in [3.63, 3.8) is 0 Å². The largest absolute Gasteiger partial charge is 0.497 e. The molecule has 3 aromatic carbocycles. The van der Waals surface area contributed by atoms with Crippen molar-refractivity contribution in [2.24, 2.45) is 0 Å². The van der Waals surface area contributed by atoms with Crippen LogP contribution >= 0.6 is 27.5 Å². The smallest absolute Gasteiger partial charge is 0.123 e. The molecular formula is C24H21BrClFN2O. The molecule has 0 radical (unpaired) electrons. The lowest BCUT2D eigenvalue weighted by atomic mass is 9.95. The number of ether oxygens (including phenoxy) is 1. The lowest BCUT2D eigenvalue weighted by Gasteiger charge is -2.32. The summed E-state index contributed by atoms with van der Waals surface area (Å²) in [5, 5.41) is 0.548. The predicted octanol–water partition coefficient (Wildman–Crippen LogP) is 6.43. The number of halogens is 3. The monoisotopic (exact) mass is 486 g/mol. The summed E-state index contributed by atoms with van der Waals surface area (Å²) < 4.78 is 20.5. The van der Waals surface area contributed by atoms with Gasteiger partial charge in [-0.15, -0.1) is 0 Å². The highest BCUT2D eigenvalue weighted by Crippen LogP contribution is 2.64. The van der Waals surface area contributed by atoms with E-state index in [9.17, 15) is 4.39 Å². The number of hydrogen-bond donors (Lipinski definition) is 1. The van der Waals surface area contributed by atoms with E-state index in [2.05, 4.69) is 39.0 Å². The SMILES string of the molecule is COc1ccc(CN2C(c3cc(F)ccc3Cl)c3c(N)cc(Br)cc3C23CC3)cc1. The van der Waals surface area contributed by atoms with Gasteiger partial charge in [0.15, 0.2) is 0 Å². The normalized spacial score (nSPS) is 19.1. The van der Waals surface area contributed by atoms with E-state index in [1.807, 2.05) is 18.2 Å². The Labute approximate surface area is 188 Å². The quantitative estimate of drug-likeness (QED) is 0.431. The maximum Gasteiger partial charge on any atom is 0.123 e. The summed E-state index contributed by atoms with van der Waals surface area (Å²) in [6.45, 7) is 0.702. The summed E-state index contributed by atoms with van der Waals surface area (Å²) in [4.78, 5) is 2.43. The maximum atomic E-state index is 14.3. The summed E-state index contributed by atoms with van der Waals surface area (Å²) in [5.74, 6) is 0.523. The molecular weight excluding hydrogens is 467 g/mol. The molecule has 0 aromatic heterocycles. The van der Waals surface area contributed by atoms with E-state index in [1.165, 1.54) is 11.6 Å². The van der Waals surface area contributed by atoms with Crippen molar-refractivity contribution in [1.29, 1.82) is 0 Å². The van der Waals surface area contributed by atoms with Crippen LogP contribution in [0.15, 0.2) is 59.1 Å². The molecule has 1 spiro atoms. The summed E-state index contributed by atoms with van der Waals surface area (Å²) in [6, 6.07) is 16.5. The summed E-state index contributed by atoms with van der Waals surface area (Å²) in [7, 11) is 1.66. The standard InChI is InChI=1S/C24H21BrClFN2O/c1-30-17-5-2-14(3-6-17)13-29-23(18-12-16(27)4-7-20(18)26)22-19(24(29)8-9-24)10-15(25)11-21(22)28/h2-7,10-12,23H,8-9,13,28H2,1H3. The number of rotatable bonds is 4. The Balaban J connectivity index is 1.67. The van der Waals surface area contributed by atoms with Crippen LogP contribution in [0.5, 0.6) is 5.75 Å². The fourth-order valence-electron chi connectivity index (χ4n) is 4.78. The number of methoxy groups -OCH3 is 1. The molecule has 0 amide bonds. The van der Waals surface area contributed by atoms with Gasteiger partial charge in [0, 0.05) is 32.8 Å². The number of nitrogen functional groups attached to an aromatic ring is 1. The lowest BCUT2D eigenvalue weighted by Crippen LogP contribution is -2.32. The van der Waals surface area contributed by atoms with Gasteiger partial charge in [-0.05, 0) is 72.0 Å². The molecule has 1 heterocycles. The van der Waals surface area contributed by atoms with Crippen LogP contribution < -0.4 is 10.5 Å². The average Bonchev–Trinajstić information content (AvgIpc) is 3.48. The molecule has 2 N–H and O–H groups in total. The van der Waals surface area contributed by atoms with E-state index in [1.54, 1.807) is 19.2 Å². The molecule has 0 saturated heterocycles. The predicted molar refractivity (Wildman–Crippen MR) is 121 cm³/mol. The van der Waals surface area contributed by atoms with Crippen LogP contribution in [0.2, 0.25) is 5.02 Å². The third-order valence-electron chi connectivity index (χ3n) is 6.30. The van der Waals surface area contributed by atoms with Crippen molar-refractivity contribution in [3.8, 4) is 5.75 Å². The van der Waals surface area contributed by atoms with Crippen LogP contribution in [0.4, 0.5) is 10.1 Å². The Bertz CT molecular complexity index is 1130. The first-order chi connectivity index (χ1) is 14.4. The van der Waals surface area contributed by atoms with E-state index in [0.29, 0.717) is 17.3 Å². The van der Waals surface area contributed by atoms with E-state index >= 15 is 0 Å². The van der Waals surface area contributed by atoms with Gasteiger partial charge >= 0.3 is 0 Å². The fraction of sp³-hybridized carbons (Fsp3) is 0.250. The van der Waals surface area contributed by atoms with Crippen molar-refractivity contribution in [1.82, 2.24) is 4.90 Å². The van der Waals surface area contributed by atoms with E-state index < -0.39 is 0 Å². The zero-order chi connectivity index (χ0) is 21.0. The first-order valence-electron chi connectivity index (χ1n) is 9.87. The topological polar surface area (TPSA) is 38.5 Å². The Morgan fingerprint density at radius 1 is 1.17 bits per heavy atom. The highest BCUT2D eigenvalue weighted by Gasteiger charge is 2.59. The first-order valence-corrected chi connectivity index (χ1v) is 11.0. The number of benzene rings is 3. The van der Waals surface area contributed by atoms with Crippen LogP contribution in [0, 0.1) is 5.82 Å². The maximum absolute atomic E-state index is 14.3. The van der Waals surface area contributed by atoms with Gasteiger partial charge in [-0.25, -0.2) is 4.39 Å². The summed E-state index contributed by atoms with van der Waals surface area (Å²) in [5.41, 5.74) is 11.3. The van der Waals surface area contributed by atoms with Crippen molar-refractivity contribution >= 4 is 33.2 Å². The molecule has 3 aromatic rings. The lowest BCUT2D eigenvalue weighted by molar-refractivity contribution is 0.155. The van der Waals surface area contributed by atoms with Gasteiger partial charge < -0.3 is 10.5 Å². The molecule has 1 aliphatic heterocycles. The summed E-state index contributed by atoms with van der Waals surface area (Å²) in [6.07, 6.45) is 2.07. The molecule has 3 nitrogen and oxygen atoms in total. The molecule has 30 heavy (non-hydrogen) atoms. The van der Waals surface area contributed by atoms with Crippen molar-refractivity contribution in [2.75, 3.05) is 12.8 Å². The van der Waals surface area contributed by atoms with E-state index in [-0.39, 0.29) is 17.4 Å². The van der Waals surface area contributed by atoms with Crippen LogP contribution in [0.25, 0.3) is 0 Å². The molecule has 1 aliphatic carbocycles. The molecule has 6 heteroatoms. The van der Waals surface area contributed by atoms with E-state index in [0.717, 1.165) is 39.8 Å². The molecule has 0 bridgehead atoms. The van der Waals surface area contributed by atoms with E-state index in [4.69, 9.17) is 22.1 Å². The van der Waals surface area contributed by atoms with Gasteiger partial charge in [-0.2, -0.15) is 0 Å². The second kappa shape index (κ2) is 7.26. The van der Waals surface area contributed by atoms with Gasteiger partial charge in [0.25, 0.3) is 0 Å². The van der Waals surface area contributed by atoms with Crippen LogP contribution in [-0.2, 0) is 12.1 Å². The van der Waals surface area contributed by atoms with Gasteiger partial charge in [-0.1, -0.05) is 39.7 Å². The minimum Gasteiger partial charge on any atom is -0.497 e. The highest BCUT2D eigenvalue weighted by molar-refractivity contribution is 9.10. The minimum atomic E-state index is -0.298. The second-order valence-corrected chi connectivity index (χ2v) is 9.36. The Morgan fingerprint density at radius 2 is 1.90 bits per heavy atom. The Kier molecular flexibility index (Phi) is 4.80. The highest BCUT2D eigenvalue weighted by atomic mass is 79.9. The third kappa shape index (κ3) is 3.11. The van der Waals surface area contributed by atoms with Crippen molar-refractivity contribution in [3.05, 3.63) is 92.2 Å². The number of nitrogens with two attached hydrogens (primary N) is 1. The van der Waals surface area contributed by atoms with Crippen LogP contribution in [-0.4, -0.2) is 12.0 Å². The van der Waals surface area contributed by atoms with Gasteiger partial charge in [0.05, 0.1) is 13.2 Å². The zero-order valence-electron chi connectivity index (χ0n) is 16.5. The summed E-state index contributed by atoms with van der Waals surface area (Å²) >= 11 is 10.2. The van der Waals surface area contributed by atoms with Gasteiger partial charge in [0.2, 0.25) is 0 Å². The number of anilines is 1. The fourth-order valence-corrected chi connectivity index (χ4v) is 5.48. The molecule has 1 atom stereocenters. The number of fused-ring (bicyclic) bond motifs is 2. The zero-order valence-corrected chi connectivity index (χ0v) is 18.8. The molecule has 1 fully saturated rings. The Morgan fingerprint density at radius 3 is 2.57 bits per heavy atom. The molecule has 2 aliphatic rings. The number of hydrogen-bond acceptors (Lipinski definition) is 3. The second-order valence-electron chi connectivity index (χ2n) is 8.03. The van der Waals surface area contributed by atoms with Crippen LogP contribution in [0.3, 0.4) is 0 Å². The third-order valence-corrected chi connectivity index (χ3v) is 7.10. The Hall–Kier alpha value is -2.08. The molecule has 5 rings (SSSR count). The first kappa shape index (κ1) is 19.9. The average molecular weight is 488 g/mol. The van der Waals surface area contributed by atoms with Crippen molar-refractivity contribution in [2.45, 2.75) is 31.0 Å². The minimum absolute atomic E-state index is 0.104. The molecule has 1 saturated carbocycles. The molecule has 154 valence electrons. The number of nitrogens with zero attached hydrogens (tertiary/aromatic N) is 1. The van der Waals surface area contributed by atoms with Crippen molar-refractivity contribution < 1.29 is 9.13 Å². The van der Waals surface area contributed by atoms with Gasteiger partial charge in [0.1, 0.15) is 11.6 Å².